The zero-order valence-electron chi connectivity index (χ0n) is 10.4. The Labute approximate surface area is 101 Å². The SMILES string of the molecule is COc1c(F)ccc2c1C(CCN)N(C)CC2. The third kappa shape index (κ3) is 2.15. The molecule has 2 rings (SSSR count). The van der Waals surface area contributed by atoms with Crippen molar-refractivity contribution in [3.63, 3.8) is 0 Å². The van der Waals surface area contributed by atoms with Gasteiger partial charge in [0.25, 0.3) is 0 Å². The average molecular weight is 238 g/mol. The second-order valence-electron chi connectivity index (χ2n) is 4.48. The average Bonchev–Trinajstić information content (AvgIpc) is 2.33. The van der Waals surface area contributed by atoms with Crippen molar-refractivity contribution in [2.75, 3.05) is 27.2 Å². The Kier molecular flexibility index (Phi) is 3.64. The van der Waals surface area contributed by atoms with Crippen LogP contribution in [0.25, 0.3) is 0 Å². The first kappa shape index (κ1) is 12.3. The molecule has 1 aliphatic rings. The molecule has 0 spiro atoms. The lowest BCUT2D eigenvalue weighted by Crippen LogP contribution is -2.34. The molecule has 0 aliphatic carbocycles. The van der Waals surface area contributed by atoms with Crippen LogP contribution in [-0.2, 0) is 6.42 Å². The minimum atomic E-state index is -0.288. The summed E-state index contributed by atoms with van der Waals surface area (Å²) in [6.07, 6.45) is 1.76. The highest BCUT2D eigenvalue weighted by molar-refractivity contribution is 5.45. The van der Waals surface area contributed by atoms with Crippen LogP contribution in [0.5, 0.6) is 5.75 Å². The molecule has 0 aromatic heterocycles. The second-order valence-corrected chi connectivity index (χ2v) is 4.48. The van der Waals surface area contributed by atoms with E-state index in [9.17, 15) is 4.39 Å². The Balaban J connectivity index is 2.51. The Morgan fingerprint density at radius 1 is 1.53 bits per heavy atom. The lowest BCUT2D eigenvalue weighted by atomic mass is 9.90. The van der Waals surface area contributed by atoms with E-state index in [1.54, 1.807) is 0 Å². The fourth-order valence-corrected chi connectivity index (χ4v) is 2.60. The molecule has 1 aromatic rings. The Morgan fingerprint density at radius 2 is 2.29 bits per heavy atom. The van der Waals surface area contributed by atoms with Crippen LogP contribution in [0.1, 0.15) is 23.6 Å². The molecule has 0 radical (unpaired) electrons. The van der Waals surface area contributed by atoms with Crippen LogP contribution >= 0.6 is 0 Å². The highest BCUT2D eigenvalue weighted by Crippen LogP contribution is 2.38. The van der Waals surface area contributed by atoms with E-state index >= 15 is 0 Å². The van der Waals surface area contributed by atoms with Gasteiger partial charge in [-0.05, 0) is 38.1 Å². The molecule has 1 atom stereocenters. The largest absolute Gasteiger partial charge is 0.493 e. The number of nitrogens with two attached hydrogens (primary N) is 1. The number of hydrogen-bond donors (Lipinski definition) is 1. The fraction of sp³-hybridized carbons (Fsp3) is 0.538. The molecule has 0 saturated heterocycles. The van der Waals surface area contributed by atoms with Crippen molar-refractivity contribution in [1.82, 2.24) is 4.90 Å². The summed E-state index contributed by atoms with van der Waals surface area (Å²) >= 11 is 0. The van der Waals surface area contributed by atoms with Crippen molar-refractivity contribution in [3.8, 4) is 5.75 Å². The lowest BCUT2D eigenvalue weighted by molar-refractivity contribution is 0.214. The number of hydrogen-bond acceptors (Lipinski definition) is 3. The van der Waals surface area contributed by atoms with Crippen LogP contribution in [0.2, 0.25) is 0 Å². The highest BCUT2D eigenvalue weighted by Gasteiger charge is 2.28. The maximum absolute atomic E-state index is 13.7. The number of fused-ring (bicyclic) bond motifs is 1. The number of nitrogens with zero attached hydrogens (tertiary/aromatic N) is 1. The Bertz CT molecular complexity index is 409. The van der Waals surface area contributed by atoms with Crippen molar-refractivity contribution in [2.45, 2.75) is 18.9 Å². The number of likely N-dealkylation sites (N-methyl/N-ethyl adjacent to an activating group) is 1. The van der Waals surface area contributed by atoms with Gasteiger partial charge >= 0.3 is 0 Å². The predicted octanol–water partition coefficient (Wildman–Crippen LogP) is 1.71. The minimum Gasteiger partial charge on any atom is -0.493 e. The quantitative estimate of drug-likeness (QED) is 0.871. The summed E-state index contributed by atoms with van der Waals surface area (Å²) in [5.74, 6) is 0.0936. The molecule has 3 nitrogen and oxygen atoms in total. The minimum absolute atomic E-state index is 0.161. The molecule has 0 saturated carbocycles. The molecule has 1 heterocycles. The van der Waals surface area contributed by atoms with Gasteiger partial charge in [0.05, 0.1) is 7.11 Å². The molecule has 0 fully saturated rings. The predicted molar refractivity (Wildman–Crippen MR) is 65.7 cm³/mol. The fourth-order valence-electron chi connectivity index (χ4n) is 2.60. The molecule has 2 N–H and O–H groups in total. The van der Waals surface area contributed by atoms with Crippen LogP contribution in [0.15, 0.2) is 12.1 Å². The van der Waals surface area contributed by atoms with Crippen molar-refractivity contribution in [2.24, 2.45) is 5.73 Å². The summed E-state index contributed by atoms with van der Waals surface area (Å²) in [7, 11) is 3.57. The third-order valence-electron chi connectivity index (χ3n) is 3.48. The third-order valence-corrected chi connectivity index (χ3v) is 3.48. The molecule has 0 amide bonds. The monoisotopic (exact) mass is 238 g/mol. The van der Waals surface area contributed by atoms with E-state index in [-0.39, 0.29) is 11.9 Å². The van der Waals surface area contributed by atoms with E-state index in [1.165, 1.54) is 18.7 Å². The highest BCUT2D eigenvalue weighted by atomic mass is 19.1. The van der Waals surface area contributed by atoms with E-state index in [2.05, 4.69) is 4.90 Å². The topological polar surface area (TPSA) is 38.5 Å². The summed E-state index contributed by atoms with van der Waals surface area (Å²) in [5, 5.41) is 0. The second kappa shape index (κ2) is 5.02. The number of rotatable bonds is 3. The van der Waals surface area contributed by atoms with Gasteiger partial charge in [-0.1, -0.05) is 6.07 Å². The summed E-state index contributed by atoms with van der Waals surface area (Å²) in [4.78, 5) is 2.22. The molecular weight excluding hydrogens is 219 g/mol. The van der Waals surface area contributed by atoms with E-state index in [0.717, 1.165) is 24.9 Å². The molecule has 4 heteroatoms. The summed E-state index contributed by atoms with van der Waals surface area (Å²) in [6, 6.07) is 3.51. The van der Waals surface area contributed by atoms with Crippen molar-refractivity contribution < 1.29 is 9.13 Å². The number of benzene rings is 1. The van der Waals surface area contributed by atoms with E-state index in [4.69, 9.17) is 10.5 Å². The molecule has 17 heavy (non-hydrogen) atoms. The Hall–Kier alpha value is -1.13. The number of methoxy groups -OCH3 is 1. The van der Waals surface area contributed by atoms with E-state index in [0.29, 0.717) is 12.3 Å². The van der Waals surface area contributed by atoms with Crippen LogP contribution in [-0.4, -0.2) is 32.1 Å². The summed E-state index contributed by atoms with van der Waals surface area (Å²) < 4.78 is 19.0. The zero-order valence-corrected chi connectivity index (χ0v) is 10.4. The first-order valence-electron chi connectivity index (χ1n) is 5.94. The van der Waals surface area contributed by atoms with Gasteiger partial charge in [0.1, 0.15) is 0 Å². The van der Waals surface area contributed by atoms with Gasteiger partial charge < -0.3 is 10.5 Å². The van der Waals surface area contributed by atoms with Crippen LogP contribution in [0.3, 0.4) is 0 Å². The van der Waals surface area contributed by atoms with Gasteiger partial charge in [0.15, 0.2) is 11.6 Å². The number of halogens is 1. The zero-order chi connectivity index (χ0) is 12.4. The van der Waals surface area contributed by atoms with Gasteiger partial charge in [-0.25, -0.2) is 4.39 Å². The molecule has 0 bridgehead atoms. The molecule has 1 aromatic carbocycles. The summed E-state index contributed by atoms with van der Waals surface area (Å²) in [6.45, 7) is 1.57. The van der Waals surface area contributed by atoms with Crippen molar-refractivity contribution in [3.05, 3.63) is 29.1 Å². The lowest BCUT2D eigenvalue weighted by Gasteiger charge is -2.35. The standard InChI is InChI=1S/C13H19FN2O/c1-16-8-6-9-3-4-10(14)13(17-2)12(9)11(16)5-7-15/h3-4,11H,5-8,15H2,1-2H3. The van der Waals surface area contributed by atoms with Gasteiger partial charge in [0.2, 0.25) is 0 Å². The molecular formula is C13H19FN2O. The first-order chi connectivity index (χ1) is 8.19. The normalized spacial score (nSPS) is 20.1. The van der Waals surface area contributed by atoms with Crippen LogP contribution < -0.4 is 10.5 Å². The maximum Gasteiger partial charge on any atom is 0.165 e. The van der Waals surface area contributed by atoms with Crippen molar-refractivity contribution >= 4 is 0 Å². The van der Waals surface area contributed by atoms with Gasteiger partial charge in [-0.15, -0.1) is 0 Å². The summed E-state index contributed by atoms with van der Waals surface area (Å²) in [5.41, 5.74) is 7.81. The Morgan fingerprint density at radius 3 is 2.94 bits per heavy atom. The molecule has 1 aliphatic heterocycles. The maximum atomic E-state index is 13.7. The van der Waals surface area contributed by atoms with E-state index < -0.39 is 0 Å². The van der Waals surface area contributed by atoms with E-state index in [1.807, 2.05) is 13.1 Å². The van der Waals surface area contributed by atoms with Gasteiger partial charge in [-0.2, -0.15) is 0 Å². The first-order valence-corrected chi connectivity index (χ1v) is 5.94. The molecule has 94 valence electrons. The van der Waals surface area contributed by atoms with Crippen LogP contribution in [0, 0.1) is 5.82 Å². The van der Waals surface area contributed by atoms with Crippen LogP contribution in [0.4, 0.5) is 4.39 Å². The molecule has 1 unspecified atom stereocenters. The number of ether oxygens (including phenoxy) is 1. The smallest absolute Gasteiger partial charge is 0.165 e. The van der Waals surface area contributed by atoms with Gasteiger partial charge in [-0.3, -0.25) is 4.90 Å². The van der Waals surface area contributed by atoms with Crippen molar-refractivity contribution in [1.29, 1.82) is 0 Å². The van der Waals surface area contributed by atoms with Gasteiger partial charge in [0, 0.05) is 18.2 Å².